The highest BCUT2D eigenvalue weighted by atomic mass is 19.3. The average Bonchev–Trinajstić information content (AvgIpc) is 3.28. The van der Waals surface area contributed by atoms with Crippen molar-refractivity contribution >= 4 is 17.1 Å². The number of hydrogen-bond donors (Lipinski definition) is 1. The van der Waals surface area contributed by atoms with E-state index in [1.54, 1.807) is 24.4 Å². The van der Waals surface area contributed by atoms with Crippen LogP contribution in [0.5, 0.6) is 5.75 Å². The number of nitrogens with one attached hydrogen (secondary N) is 1. The maximum atomic E-state index is 12.6. The van der Waals surface area contributed by atoms with Gasteiger partial charge in [-0.05, 0) is 36.8 Å². The number of para-hydroxylation sites is 2. The molecule has 1 amide bonds. The molecule has 1 atom stereocenters. The van der Waals surface area contributed by atoms with Crippen LogP contribution in [0.3, 0.4) is 0 Å². The van der Waals surface area contributed by atoms with Crippen molar-refractivity contribution < 1.29 is 18.3 Å². The van der Waals surface area contributed by atoms with Gasteiger partial charge in [0.1, 0.15) is 5.75 Å². The van der Waals surface area contributed by atoms with Crippen LogP contribution >= 0.6 is 0 Å². The molecule has 4 rings (SSSR count). The van der Waals surface area contributed by atoms with Gasteiger partial charge in [0.05, 0.1) is 11.3 Å². The van der Waals surface area contributed by atoms with Crippen LogP contribution < -0.4 is 15.0 Å². The number of alkyl halides is 2. The van der Waals surface area contributed by atoms with Crippen LogP contribution in [0.1, 0.15) is 16.8 Å². The predicted octanol–water partition coefficient (Wildman–Crippen LogP) is 3.55. The van der Waals surface area contributed by atoms with Crippen molar-refractivity contribution in [2.45, 2.75) is 19.1 Å². The van der Waals surface area contributed by atoms with Crippen LogP contribution in [0, 0.1) is 0 Å². The zero-order chi connectivity index (χ0) is 18.8. The van der Waals surface area contributed by atoms with Gasteiger partial charge < -0.3 is 19.4 Å². The number of fused-ring (bicyclic) bond motifs is 1. The molecule has 27 heavy (non-hydrogen) atoms. The van der Waals surface area contributed by atoms with Crippen molar-refractivity contribution in [2.24, 2.45) is 0 Å². The predicted molar refractivity (Wildman–Crippen MR) is 98.6 cm³/mol. The molecule has 1 fully saturated rings. The highest BCUT2D eigenvalue weighted by Crippen LogP contribution is 2.31. The lowest BCUT2D eigenvalue weighted by Gasteiger charge is -2.22. The second-order valence-electron chi connectivity index (χ2n) is 6.51. The van der Waals surface area contributed by atoms with Gasteiger partial charge in [0.15, 0.2) is 0 Å². The SMILES string of the molecule is O=C(NC1CCN(c2ccccc2OC(F)F)C1)c1cc2ccccn2c1. The largest absolute Gasteiger partial charge is 0.433 e. The fourth-order valence-electron chi connectivity index (χ4n) is 3.46. The maximum Gasteiger partial charge on any atom is 0.387 e. The van der Waals surface area contributed by atoms with Gasteiger partial charge in [0.25, 0.3) is 5.91 Å². The summed E-state index contributed by atoms with van der Waals surface area (Å²) < 4.78 is 31.7. The summed E-state index contributed by atoms with van der Waals surface area (Å²) in [6, 6.07) is 14.3. The first-order chi connectivity index (χ1) is 13.1. The molecule has 1 aliphatic heterocycles. The van der Waals surface area contributed by atoms with E-state index in [9.17, 15) is 13.6 Å². The lowest BCUT2D eigenvalue weighted by molar-refractivity contribution is -0.0495. The van der Waals surface area contributed by atoms with Crippen molar-refractivity contribution in [3.05, 3.63) is 66.5 Å². The second kappa shape index (κ2) is 7.26. The number of ether oxygens (including phenoxy) is 1. The van der Waals surface area contributed by atoms with Gasteiger partial charge >= 0.3 is 6.61 Å². The molecule has 1 aliphatic rings. The zero-order valence-corrected chi connectivity index (χ0v) is 14.5. The van der Waals surface area contributed by atoms with E-state index in [1.165, 1.54) is 6.07 Å². The van der Waals surface area contributed by atoms with Crippen molar-refractivity contribution in [3.63, 3.8) is 0 Å². The zero-order valence-electron chi connectivity index (χ0n) is 14.5. The highest BCUT2D eigenvalue weighted by molar-refractivity contribution is 5.95. The molecule has 0 saturated carbocycles. The quantitative estimate of drug-likeness (QED) is 0.746. The Hall–Kier alpha value is -3.09. The Morgan fingerprint density at radius 2 is 2.00 bits per heavy atom. The second-order valence-corrected chi connectivity index (χ2v) is 6.51. The molecule has 3 aromatic rings. The van der Waals surface area contributed by atoms with Gasteiger partial charge in [-0.25, -0.2) is 0 Å². The molecular formula is C20H19F2N3O2. The molecule has 1 aromatic carbocycles. The first kappa shape index (κ1) is 17.3. The smallest absolute Gasteiger partial charge is 0.387 e. The summed E-state index contributed by atoms with van der Waals surface area (Å²) in [7, 11) is 0. The van der Waals surface area contributed by atoms with E-state index in [0.717, 1.165) is 11.9 Å². The van der Waals surface area contributed by atoms with E-state index in [1.807, 2.05) is 39.8 Å². The highest BCUT2D eigenvalue weighted by Gasteiger charge is 2.27. The first-order valence-corrected chi connectivity index (χ1v) is 8.76. The van der Waals surface area contributed by atoms with Crippen molar-refractivity contribution in [2.75, 3.05) is 18.0 Å². The molecule has 3 heterocycles. The van der Waals surface area contributed by atoms with Gasteiger partial charge in [0, 0.05) is 37.0 Å². The molecule has 1 unspecified atom stereocenters. The van der Waals surface area contributed by atoms with Gasteiger partial charge in [-0.1, -0.05) is 18.2 Å². The average molecular weight is 371 g/mol. The first-order valence-electron chi connectivity index (χ1n) is 8.76. The number of halogens is 2. The number of pyridine rings is 1. The van der Waals surface area contributed by atoms with Gasteiger partial charge in [-0.15, -0.1) is 0 Å². The minimum atomic E-state index is -2.87. The Bertz CT molecular complexity index is 924. The van der Waals surface area contributed by atoms with E-state index < -0.39 is 6.61 Å². The van der Waals surface area contributed by atoms with E-state index in [-0.39, 0.29) is 17.7 Å². The van der Waals surface area contributed by atoms with E-state index in [4.69, 9.17) is 0 Å². The summed E-state index contributed by atoms with van der Waals surface area (Å²) in [6.07, 6.45) is 4.43. The third-order valence-corrected chi connectivity index (χ3v) is 4.71. The van der Waals surface area contributed by atoms with Crippen LogP contribution in [0.15, 0.2) is 60.9 Å². The molecule has 0 spiro atoms. The molecule has 0 aliphatic carbocycles. The number of amides is 1. The number of carbonyl (C=O) groups is 1. The number of nitrogens with zero attached hydrogens (tertiary/aromatic N) is 2. The summed E-state index contributed by atoms with van der Waals surface area (Å²) in [4.78, 5) is 14.5. The summed E-state index contributed by atoms with van der Waals surface area (Å²) in [5.74, 6) is 0.0147. The molecule has 5 nitrogen and oxygen atoms in total. The maximum absolute atomic E-state index is 12.6. The topological polar surface area (TPSA) is 46.0 Å². The monoisotopic (exact) mass is 371 g/mol. The standard InChI is InChI=1S/C20H19F2N3O2/c21-20(22)27-18-7-2-1-6-17(18)25-10-8-15(13-25)23-19(26)14-11-16-5-3-4-9-24(16)12-14/h1-7,9,11-12,15,20H,8,10,13H2,(H,23,26). The summed E-state index contributed by atoms with van der Waals surface area (Å²) in [6.45, 7) is -1.66. The normalized spacial score (nSPS) is 16.9. The summed E-state index contributed by atoms with van der Waals surface area (Å²) in [5.41, 5.74) is 2.17. The van der Waals surface area contributed by atoms with Crippen LogP contribution in [0.25, 0.3) is 5.52 Å². The fraction of sp³-hybridized carbons (Fsp3) is 0.250. The van der Waals surface area contributed by atoms with E-state index in [0.29, 0.717) is 24.3 Å². The number of hydrogen-bond acceptors (Lipinski definition) is 3. The Kier molecular flexibility index (Phi) is 4.66. The Morgan fingerprint density at radius 1 is 1.19 bits per heavy atom. The van der Waals surface area contributed by atoms with Crippen molar-refractivity contribution in [1.29, 1.82) is 0 Å². The number of benzene rings is 1. The van der Waals surface area contributed by atoms with Crippen molar-refractivity contribution in [1.82, 2.24) is 9.72 Å². The molecule has 7 heteroatoms. The van der Waals surface area contributed by atoms with Crippen LogP contribution in [-0.2, 0) is 0 Å². The Balaban J connectivity index is 1.43. The number of rotatable bonds is 5. The minimum Gasteiger partial charge on any atom is -0.433 e. The third kappa shape index (κ3) is 3.72. The van der Waals surface area contributed by atoms with Gasteiger partial charge in [-0.2, -0.15) is 8.78 Å². The van der Waals surface area contributed by atoms with Crippen LogP contribution in [0.2, 0.25) is 0 Å². The molecule has 1 saturated heterocycles. The number of anilines is 1. The lowest BCUT2D eigenvalue weighted by Crippen LogP contribution is -2.37. The Labute approximate surface area is 155 Å². The summed E-state index contributed by atoms with van der Waals surface area (Å²) in [5, 5.41) is 3.03. The molecule has 140 valence electrons. The molecular weight excluding hydrogens is 352 g/mol. The Morgan fingerprint density at radius 3 is 2.81 bits per heavy atom. The van der Waals surface area contributed by atoms with Gasteiger partial charge in [-0.3, -0.25) is 4.79 Å². The molecule has 2 aromatic heterocycles. The van der Waals surface area contributed by atoms with E-state index in [2.05, 4.69) is 10.1 Å². The van der Waals surface area contributed by atoms with Crippen LogP contribution in [0.4, 0.5) is 14.5 Å². The lowest BCUT2D eigenvalue weighted by atomic mass is 10.2. The minimum absolute atomic E-state index is 0.0554. The summed E-state index contributed by atoms with van der Waals surface area (Å²) >= 11 is 0. The fourth-order valence-corrected chi connectivity index (χ4v) is 3.46. The van der Waals surface area contributed by atoms with Crippen molar-refractivity contribution in [3.8, 4) is 5.75 Å². The third-order valence-electron chi connectivity index (χ3n) is 4.71. The van der Waals surface area contributed by atoms with E-state index >= 15 is 0 Å². The molecule has 1 N–H and O–H groups in total. The number of aromatic nitrogens is 1. The number of carbonyl (C=O) groups excluding carboxylic acids is 1. The molecule has 0 radical (unpaired) electrons. The molecule has 0 bridgehead atoms. The van der Waals surface area contributed by atoms with Crippen LogP contribution in [-0.4, -0.2) is 36.1 Å². The van der Waals surface area contributed by atoms with Gasteiger partial charge in [0.2, 0.25) is 0 Å².